The molecule has 0 bridgehead atoms. The summed E-state index contributed by atoms with van der Waals surface area (Å²) in [4.78, 5) is 19.1. The second kappa shape index (κ2) is 19.7. The highest BCUT2D eigenvalue weighted by molar-refractivity contribution is 5.89. The number of unbranched alkanes of at least 4 members (excludes halogenated alkanes) is 11. The number of hydrogen-bond donors (Lipinski definition) is 2. The molecule has 0 aromatic rings. The number of hydrogen-bond acceptors (Lipinski definition) is 2. The van der Waals surface area contributed by atoms with Gasteiger partial charge >= 0.3 is 11.9 Å². The highest BCUT2D eigenvalue weighted by Gasteiger charge is 1.91. The first kappa shape index (κ1) is 23.0. The summed E-state index contributed by atoms with van der Waals surface area (Å²) in [5.74, 6) is -2.51. The lowest BCUT2D eigenvalue weighted by atomic mass is 10.1. The Balaban J connectivity index is 0. The van der Waals surface area contributed by atoms with Gasteiger partial charge in [0.05, 0.1) is 0 Å². The van der Waals surface area contributed by atoms with Crippen LogP contribution >= 0.6 is 0 Å². The Hall–Kier alpha value is -1.32. The summed E-state index contributed by atoms with van der Waals surface area (Å²) >= 11 is 0. The number of rotatable bonds is 13. The van der Waals surface area contributed by atoms with Gasteiger partial charge in [0.2, 0.25) is 0 Å². The summed E-state index contributed by atoms with van der Waals surface area (Å²) in [5.41, 5.74) is 0. The topological polar surface area (TPSA) is 74.6 Å². The molecule has 0 saturated heterocycles. The van der Waals surface area contributed by atoms with Gasteiger partial charge in [-0.1, -0.05) is 90.9 Å². The van der Waals surface area contributed by atoms with Crippen LogP contribution < -0.4 is 0 Å². The van der Waals surface area contributed by atoms with E-state index in [1.54, 1.807) is 0 Å². The van der Waals surface area contributed by atoms with E-state index in [2.05, 4.69) is 13.8 Å². The fraction of sp³-hybridized carbons (Fsp3) is 0.778. The van der Waals surface area contributed by atoms with Crippen LogP contribution in [0.5, 0.6) is 0 Å². The van der Waals surface area contributed by atoms with Gasteiger partial charge in [0, 0.05) is 12.2 Å². The van der Waals surface area contributed by atoms with Crippen LogP contribution in [0.1, 0.15) is 90.9 Å². The maximum Gasteiger partial charge on any atom is 0.328 e. The van der Waals surface area contributed by atoms with Crippen molar-refractivity contribution in [1.82, 2.24) is 0 Å². The molecule has 0 heterocycles. The molecule has 0 rings (SSSR count). The van der Waals surface area contributed by atoms with Crippen molar-refractivity contribution in [3.8, 4) is 0 Å². The molecule has 0 aromatic carbocycles. The van der Waals surface area contributed by atoms with E-state index < -0.39 is 11.9 Å². The molecule has 4 heteroatoms. The molecule has 4 nitrogen and oxygen atoms in total. The summed E-state index contributed by atoms with van der Waals surface area (Å²) < 4.78 is 0. The number of aliphatic carboxylic acids is 2. The average molecular weight is 314 g/mol. The summed E-state index contributed by atoms with van der Waals surface area (Å²) in [5, 5.41) is 15.6. The average Bonchev–Trinajstić information content (AvgIpc) is 2.48. The van der Waals surface area contributed by atoms with Gasteiger partial charge in [0.25, 0.3) is 0 Å². The van der Waals surface area contributed by atoms with Gasteiger partial charge in [-0.25, -0.2) is 9.59 Å². The van der Waals surface area contributed by atoms with Crippen LogP contribution in [0.15, 0.2) is 12.2 Å². The second-order valence-corrected chi connectivity index (χ2v) is 5.55. The molecule has 0 fully saturated rings. The third-order valence-electron chi connectivity index (χ3n) is 3.33. The standard InChI is InChI=1S/C14H30.C4H4O4/c1-3-5-7-9-11-13-14-12-10-8-6-4-2;5-3(6)1-2-4(7)8/h3-14H2,1-2H3;1-2H,(H,5,6)(H,7,8)/b;2-1-. The van der Waals surface area contributed by atoms with Crippen molar-refractivity contribution in [2.45, 2.75) is 90.9 Å². The van der Waals surface area contributed by atoms with E-state index in [4.69, 9.17) is 10.2 Å². The number of carbonyl (C=O) groups is 2. The van der Waals surface area contributed by atoms with Crippen LogP contribution in [0.25, 0.3) is 0 Å². The van der Waals surface area contributed by atoms with Gasteiger partial charge in [-0.2, -0.15) is 0 Å². The minimum atomic E-state index is -1.26. The van der Waals surface area contributed by atoms with Crippen molar-refractivity contribution in [2.75, 3.05) is 0 Å². The molecular weight excluding hydrogens is 280 g/mol. The molecule has 0 atom stereocenters. The van der Waals surface area contributed by atoms with Crippen molar-refractivity contribution < 1.29 is 19.8 Å². The largest absolute Gasteiger partial charge is 0.478 e. The van der Waals surface area contributed by atoms with E-state index in [9.17, 15) is 9.59 Å². The summed E-state index contributed by atoms with van der Waals surface area (Å²) in [6.07, 6.45) is 18.5. The highest BCUT2D eigenvalue weighted by Crippen LogP contribution is 2.11. The Kier molecular flexibility index (Phi) is 20.5. The fourth-order valence-corrected chi connectivity index (χ4v) is 2.06. The van der Waals surface area contributed by atoms with Crippen LogP contribution in [-0.4, -0.2) is 22.2 Å². The van der Waals surface area contributed by atoms with E-state index >= 15 is 0 Å². The smallest absolute Gasteiger partial charge is 0.328 e. The van der Waals surface area contributed by atoms with Crippen molar-refractivity contribution >= 4 is 11.9 Å². The summed E-state index contributed by atoms with van der Waals surface area (Å²) in [6.45, 7) is 4.57. The molecule has 130 valence electrons. The lowest BCUT2D eigenvalue weighted by Crippen LogP contribution is -1.91. The molecule has 0 aliphatic heterocycles. The minimum absolute atomic E-state index is 0.558. The minimum Gasteiger partial charge on any atom is -0.478 e. The van der Waals surface area contributed by atoms with Gasteiger partial charge in [-0.3, -0.25) is 0 Å². The molecular formula is C18H34O4. The number of carboxylic acid groups (broad SMARTS) is 2. The van der Waals surface area contributed by atoms with Gasteiger partial charge in [0.1, 0.15) is 0 Å². The number of carboxylic acids is 2. The third-order valence-corrected chi connectivity index (χ3v) is 3.33. The van der Waals surface area contributed by atoms with Crippen molar-refractivity contribution in [3.05, 3.63) is 12.2 Å². The van der Waals surface area contributed by atoms with Crippen LogP contribution in [0.2, 0.25) is 0 Å². The first-order valence-corrected chi connectivity index (χ1v) is 8.68. The highest BCUT2D eigenvalue weighted by atomic mass is 16.4. The SMILES string of the molecule is CCCCCCCCCCCCCC.O=C(O)/C=C\C(=O)O. The first-order chi connectivity index (χ1) is 10.5. The van der Waals surface area contributed by atoms with E-state index in [0.29, 0.717) is 12.2 Å². The van der Waals surface area contributed by atoms with Crippen molar-refractivity contribution in [1.29, 1.82) is 0 Å². The monoisotopic (exact) mass is 314 g/mol. The summed E-state index contributed by atoms with van der Waals surface area (Å²) in [7, 11) is 0. The Morgan fingerprint density at radius 3 is 1.00 bits per heavy atom. The van der Waals surface area contributed by atoms with Crippen LogP contribution in [0.4, 0.5) is 0 Å². The Morgan fingerprint density at radius 2 is 0.818 bits per heavy atom. The van der Waals surface area contributed by atoms with E-state index in [1.807, 2.05) is 0 Å². The molecule has 0 aliphatic carbocycles. The van der Waals surface area contributed by atoms with E-state index in [1.165, 1.54) is 77.0 Å². The maximum absolute atomic E-state index is 9.55. The van der Waals surface area contributed by atoms with Crippen LogP contribution in [0, 0.1) is 0 Å². The molecule has 22 heavy (non-hydrogen) atoms. The lowest BCUT2D eigenvalue weighted by molar-refractivity contribution is -0.134. The van der Waals surface area contributed by atoms with Crippen molar-refractivity contribution in [2.24, 2.45) is 0 Å². The van der Waals surface area contributed by atoms with Crippen LogP contribution in [-0.2, 0) is 9.59 Å². The molecule has 0 amide bonds. The Labute approximate surface area is 135 Å². The Bertz CT molecular complexity index is 257. The first-order valence-electron chi connectivity index (χ1n) is 8.68. The zero-order valence-corrected chi connectivity index (χ0v) is 14.4. The van der Waals surface area contributed by atoms with Gasteiger partial charge in [0.15, 0.2) is 0 Å². The maximum atomic E-state index is 9.55. The molecule has 0 saturated carbocycles. The zero-order chi connectivity index (χ0) is 17.1. The zero-order valence-electron chi connectivity index (χ0n) is 14.4. The molecule has 0 unspecified atom stereocenters. The molecule has 0 aliphatic rings. The normalized spacial score (nSPS) is 10.3. The van der Waals surface area contributed by atoms with Crippen LogP contribution in [0.3, 0.4) is 0 Å². The fourth-order valence-electron chi connectivity index (χ4n) is 2.06. The summed E-state index contributed by atoms with van der Waals surface area (Å²) in [6, 6.07) is 0. The molecule has 2 N–H and O–H groups in total. The second-order valence-electron chi connectivity index (χ2n) is 5.55. The van der Waals surface area contributed by atoms with Gasteiger partial charge < -0.3 is 10.2 Å². The molecule has 0 aromatic heterocycles. The van der Waals surface area contributed by atoms with Gasteiger partial charge in [-0.05, 0) is 0 Å². The third kappa shape index (κ3) is 27.1. The van der Waals surface area contributed by atoms with E-state index in [-0.39, 0.29) is 0 Å². The lowest BCUT2D eigenvalue weighted by Gasteiger charge is -2.01. The predicted molar refractivity (Wildman–Crippen MR) is 91.2 cm³/mol. The Morgan fingerprint density at radius 1 is 0.591 bits per heavy atom. The molecule has 0 radical (unpaired) electrons. The van der Waals surface area contributed by atoms with Gasteiger partial charge in [-0.15, -0.1) is 0 Å². The van der Waals surface area contributed by atoms with E-state index in [0.717, 1.165) is 0 Å². The quantitative estimate of drug-likeness (QED) is 0.351. The predicted octanol–water partition coefficient (Wildman–Crippen LogP) is 5.42. The molecule has 0 spiro atoms. The van der Waals surface area contributed by atoms with Crippen molar-refractivity contribution in [3.63, 3.8) is 0 Å².